The lowest BCUT2D eigenvalue weighted by Gasteiger charge is -2.38. The number of ether oxygens (including phenoxy) is 4. The number of hydrogen-bond acceptors (Lipinski definition) is 5. The molecule has 0 aromatic rings. The Bertz CT molecular complexity index is 453. The third-order valence-corrected chi connectivity index (χ3v) is 5.72. The average Bonchev–Trinajstić information content (AvgIpc) is 3.04. The van der Waals surface area contributed by atoms with E-state index in [-0.39, 0.29) is 17.9 Å². The highest BCUT2D eigenvalue weighted by molar-refractivity contribution is 5.68. The number of carbonyl (C=O) groups excluding carboxylic acids is 1. The number of rotatable bonds is 4. The largest absolute Gasteiger partial charge is 0.444 e. The fourth-order valence-electron chi connectivity index (χ4n) is 4.25. The van der Waals surface area contributed by atoms with Gasteiger partial charge in [0.25, 0.3) is 0 Å². The molecule has 1 saturated carbocycles. The maximum atomic E-state index is 12.8. The first kappa shape index (κ1) is 19.9. The molecule has 1 aliphatic carbocycles. The number of hydrogen-bond donors (Lipinski definition) is 0. The molecule has 3 fully saturated rings. The van der Waals surface area contributed by atoms with Crippen LogP contribution in [0.15, 0.2) is 0 Å². The van der Waals surface area contributed by atoms with E-state index in [1.165, 1.54) is 0 Å². The molecule has 0 aromatic carbocycles. The van der Waals surface area contributed by atoms with Crippen molar-refractivity contribution in [2.75, 3.05) is 33.0 Å². The second-order valence-corrected chi connectivity index (χ2v) is 8.86. The van der Waals surface area contributed by atoms with Crippen LogP contribution < -0.4 is 0 Å². The zero-order valence-electron chi connectivity index (χ0n) is 16.6. The van der Waals surface area contributed by atoms with E-state index in [0.717, 1.165) is 77.9 Å². The summed E-state index contributed by atoms with van der Waals surface area (Å²) in [5.41, 5.74) is -0.463. The standard InChI is InChI=1S/C20H35NO5/c1-19(2,3)26-18(22)21(17-7-12-23-13-8-17)11-6-16-4-9-20(10-5-16)24-14-15-25-20/h16-17H,4-15H2,1-3H3. The average molecular weight is 370 g/mol. The minimum absolute atomic E-state index is 0.181. The van der Waals surface area contributed by atoms with Crippen LogP contribution in [-0.2, 0) is 18.9 Å². The van der Waals surface area contributed by atoms with E-state index in [2.05, 4.69) is 0 Å². The molecule has 6 nitrogen and oxygen atoms in total. The molecule has 150 valence electrons. The Labute approximate surface area is 157 Å². The fourth-order valence-corrected chi connectivity index (χ4v) is 4.25. The highest BCUT2D eigenvalue weighted by Gasteiger charge is 2.40. The molecule has 0 atom stereocenters. The van der Waals surface area contributed by atoms with Crippen molar-refractivity contribution < 1.29 is 23.7 Å². The summed E-state index contributed by atoms with van der Waals surface area (Å²) < 4.78 is 22.8. The van der Waals surface area contributed by atoms with Gasteiger partial charge in [0, 0.05) is 38.6 Å². The Kier molecular flexibility index (Phi) is 6.46. The number of carbonyl (C=O) groups is 1. The molecule has 2 saturated heterocycles. The smallest absolute Gasteiger partial charge is 0.410 e. The van der Waals surface area contributed by atoms with Gasteiger partial charge in [-0.25, -0.2) is 4.79 Å². The second-order valence-electron chi connectivity index (χ2n) is 8.86. The molecule has 0 unspecified atom stereocenters. The van der Waals surface area contributed by atoms with Crippen LogP contribution >= 0.6 is 0 Å². The quantitative estimate of drug-likeness (QED) is 0.756. The van der Waals surface area contributed by atoms with Crippen LogP contribution in [0.4, 0.5) is 4.79 Å². The van der Waals surface area contributed by atoms with Crippen LogP contribution in [-0.4, -0.2) is 61.4 Å². The minimum atomic E-state index is -0.463. The summed E-state index contributed by atoms with van der Waals surface area (Å²) in [6, 6.07) is 0.232. The van der Waals surface area contributed by atoms with Crippen molar-refractivity contribution in [1.82, 2.24) is 4.90 Å². The Morgan fingerprint density at radius 3 is 2.23 bits per heavy atom. The zero-order chi connectivity index (χ0) is 18.6. The third kappa shape index (κ3) is 5.33. The fraction of sp³-hybridized carbons (Fsp3) is 0.950. The van der Waals surface area contributed by atoms with Gasteiger partial charge in [-0.15, -0.1) is 0 Å². The monoisotopic (exact) mass is 369 g/mol. The Hall–Kier alpha value is -0.850. The Morgan fingerprint density at radius 1 is 1.04 bits per heavy atom. The van der Waals surface area contributed by atoms with Crippen molar-refractivity contribution in [3.63, 3.8) is 0 Å². The summed E-state index contributed by atoms with van der Waals surface area (Å²) in [6.45, 7) is 9.44. The first-order chi connectivity index (χ1) is 12.4. The first-order valence-electron chi connectivity index (χ1n) is 10.2. The molecule has 3 rings (SSSR count). The van der Waals surface area contributed by atoms with Crippen molar-refractivity contribution in [2.24, 2.45) is 5.92 Å². The van der Waals surface area contributed by atoms with Gasteiger partial charge in [-0.1, -0.05) is 0 Å². The predicted molar refractivity (Wildman–Crippen MR) is 98.0 cm³/mol. The van der Waals surface area contributed by atoms with Crippen molar-refractivity contribution in [2.45, 2.75) is 83.1 Å². The number of nitrogens with zero attached hydrogens (tertiary/aromatic N) is 1. The highest BCUT2D eigenvalue weighted by atomic mass is 16.7. The van der Waals surface area contributed by atoms with E-state index >= 15 is 0 Å². The van der Waals surface area contributed by atoms with Gasteiger partial charge in [-0.2, -0.15) is 0 Å². The predicted octanol–water partition coefficient (Wildman–Crippen LogP) is 3.73. The zero-order valence-corrected chi connectivity index (χ0v) is 16.6. The van der Waals surface area contributed by atoms with Crippen molar-refractivity contribution in [3.8, 4) is 0 Å². The summed E-state index contributed by atoms with van der Waals surface area (Å²) in [4.78, 5) is 14.7. The number of amides is 1. The normalized spacial score (nSPS) is 24.7. The van der Waals surface area contributed by atoms with Crippen LogP contribution in [0, 0.1) is 5.92 Å². The molecule has 0 N–H and O–H groups in total. The second kappa shape index (κ2) is 8.44. The molecule has 1 amide bonds. The molecule has 2 heterocycles. The lowest BCUT2D eigenvalue weighted by molar-refractivity contribution is -0.182. The first-order valence-corrected chi connectivity index (χ1v) is 10.2. The lowest BCUT2D eigenvalue weighted by Crippen LogP contribution is -2.46. The molecule has 0 radical (unpaired) electrons. The summed E-state index contributed by atoms with van der Waals surface area (Å²) in [5.74, 6) is 0.320. The van der Waals surface area contributed by atoms with Crippen molar-refractivity contribution >= 4 is 6.09 Å². The lowest BCUT2D eigenvalue weighted by atomic mass is 9.83. The van der Waals surface area contributed by atoms with E-state index in [4.69, 9.17) is 18.9 Å². The van der Waals surface area contributed by atoms with Gasteiger partial charge in [0.2, 0.25) is 0 Å². The molecular weight excluding hydrogens is 334 g/mol. The van der Waals surface area contributed by atoms with Crippen LogP contribution in [0.2, 0.25) is 0 Å². The molecule has 3 aliphatic rings. The molecule has 26 heavy (non-hydrogen) atoms. The van der Waals surface area contributed by atoms with Crippen LogP contribution in [0.3, 0.4) is 0 Å². The van der Waals surface area contributed by atoms with Crippen molar-refractivity contribution in [3.05, 3.63) is 0 Å². The van der Waals surface area contributed by atoms with Gasteiger partial charge in [0.15, 0.2) is 5.79 Å². The summed E-state index contributed by atoms with van der Waals surface area (Å²) in [7, 11) is 0. The van der Waals surface area contributed by atoms with Gasteiger partial charge in [-0.05, 0) is 58.8 Å². The van der Waals surface area contributed by atoms with Crippen LogP contribution in [0.1, 0.15) is 65.7 Å². The van der Waals surface area contributed by atoms with Gasteiger partial charge in [0.05, 0.1) is 13.2 Å². The summed E-state index contributed by atoms with van der Waals surface area (Å²) in [5, 5.41) is 0. The Balaban J connectivity index is 1.52. The van der Waals surface area contributed by atoms with Gasteiger partial charge >= 0.3 is 6.09 Å². The van der Waals surface area contributed by atoms with E-state index < -0.39 is 5.60 Å². The van der Waals surface area contributed by atoms with Gasteiger partial charge in [0.1, 0.15) is 5.60 Å². The van der Waals surface area contributed by atoms with E-state index in [9.17, 15) is 4.79 Å². The third-order valence-electron chi connectivity index (χ3n) is 5.72. The summed E-state index contributed by atoms with van der Waals surface area (Å²) in [6.07, 6.45) is 6.80. The van der Waals surface area contributed by atoms with Gasteiger partial charge < -0.3 is 23.8 Å². The molecule has 6 heteroatoms. The van der Waals surface area contributed by atoms with Crippen LogP contribution in [0.5, 0.6) is 0 Å². The molecule has 1 spiro atoms. The molecule has 0 aromatic heterocycles. The maximum Gasteiger partial charge on any atom is 0.410 e. The van der Waals surface area contributed by atoms with Crippen molar-refractivity contribution in [1.29, 1.82) is 0 Å². The topological polar surface area (TPSA) is 57.2 Å². The maximum absolute atomic E-state index is 12.8. The van der Waals surface area contributed by atoms with E-state index in [0.29, 0.717) is 5.92 Å². The SMILES string of the molecule is CC(C)(C)OC(=O)N(CCC1CCC2(CC1)OCCO2)C1CCOCC1. The van der Waals surface area contributed by atoms with E-state index in [1.54, 1.807) is 0 Å². The molecule has 0 bridgehead atoms. The minimum Gasteiger partial charge on any atom is -0.444 e. The van der Waals surface area contributed by atoms with E-state index in [1.807, 2.05) is 25.7 Å². The molecule has 2 aliphatic heterocycles. The summed E-state index contributed by atoms with van der Waals surface area (Å²) >= 11 is 0. The molecular formula is C20H35NO5. The Morgan fingerprint density at radius 2 is 1.65 bits per heavy atom. The highest BCUT2D eigenvalue weighted by Crippen LogP contribution is 2.39. The van der Waals surface area contributed by atoms with Crippen LogP contribution in [0.25, 0.3) is 0 Å². The van der Waals surface area contributed by atoms with Gasteiger partial charge in [-0.3, -0.25) is 0 Å².